The van der Waals surface area contributed by atoms with Gasteiger partial charge in [-0.1, -0.05) is 30.3 Å². The fraction of sp³-hybridized carbons (Fsp3) is 0.194. The fourth-order valence-corrected chi connectivity index (χ4v) is 6.34. The molecule has 0 saturated carbocycles. The van der Waals surface area contributed by atoms with Crippen LogP contribution in [0.5, 0.6) is 11.5 Å². The van der Waals surface area contributed by atoms with Gasteiger partial charge in [-0.25, -0.2) is 15.0 Å². The van der Waals surface area contributed by atoms with Crippen LogP contribution in [0, 0.1) is 3.57 Å². The number of carboxylic acid groups (broad SMARTS) is 1. The number of esters is 1. The molecule has 45 heavy (non-hydrogen) atoms. The van der Waals surface area contributed by atoms with Crippen molar-refractivity contribution in [1.82, 2.24) is 16.1 Å². The summed E-state index contributed by atoms with van der Waals surface area (Å²) in [5.74, 6) is -0.959. The summed E-state index contributed by atoms with van der Waals surface area (Å²) in [6, 6.07) is 16.5. The molecule has 3 aromatic carbocycles. The number of aromatic carboxylic acids is 1. The number of nitrogens with zero attached hydrogens (tertiary/aromatic N) is 1. The third kappa shape index (κ3) is 9.02. The molecular formula is C31H28BrIN4O7S. The summed E-state index contributed by atoms with van der Waals surface area (Å²) in [4.78, 5) is 36.4. The number of carbonyl (C=O) groups excluding carboxylic acids is 2. The number of hydrogen-bond acceptors (Lipinski definition) is 8. The Morgan fingerprint density at radius 2 is 1.87 bits per heavy atom. The molecule has 11 nitrogen and oxygen atoms in total. The molecule has 0 spiro atoms. The van der Waals surface area contributed by atoms with E-state index in [4.69, 9.17) is 31.5 Å². The zero-order chi connectivity index (χ0) is 32.5. The summed E-state index contributed by atoms with van der Waals surface area (Å²) in [6.07, 6.45) is 1.49. The van der Waals surface area contributed by atoms with E-state index >= 15 is 0 Å². The van der Waals surface area contributed by atoms with Crippen molar-refractivity contribution in [2.75, 3.05) is 13.2 Å². The van der Waals surface area contributed by atoms with Gasteiger partial charge in [-0.15, -0.1) is 0 Å². The summed E-state index contributed by atoms with van der Waals surface area (Å²) in [5, 5.41) is 19.5. The summed E-state index contributed by atoms with van der Waals surface area (Å²) >= 11 is 11.0. The summed E-state index contributed by atoms with van der Waals surface area (Å²) in [7, 11) is 0. The molecule has 0 saturated heterocycles. The van der Waals surface area contributed by atoms with E-state index < -0.39 is 23.9 Å². The molecule has 14 heteroatoms. The van der Waals surface area contributed by atoms with Gasteiger partial charge in [0.05, 0.1) is 38.0 Å². The number of halogens is 2. The van der Waals surface area contributed by atoms with Crippen LogP contribution in [0.4, 0.5) is 0 Å². The minimum absolute atomic E-state index is 0.207. The number of hydrogen-bond donors (Lipinski definition) is 4. The van der Waals surface area contributed by atoms with Crippen molar-refractivity contribution in [1.29, 1.82) is 0 Å². The second-order valence-corrected chi connectivity index (χ2v) is 11.9. The molecule has 1 aliphatic rings. The van der Waals surface area contributed by atoms with Gasteiger partial charge < -0.3 is 30.0 Å². The van der Waals surface area contributed by atoms with Crippen molar-refractivity contribution in [3.05, 3.63) is 102 Å². The summed E-state index contributed by atoms with van der Waals surface area (Å²) in [6.45, 7) is 3.61. The van der Waals surface area contributed by atoms with Crippen molar-refractivity contribution >= 4 is 79.9 Å². The van der Waals surface area contributed by atoms with Crippen LogP contribution in [0.1, 0.15) is 46.9 Å². The number of nitrogens with one attached hydrogen (secondary N) is 3. The summed E-state index contributed by atoms with van der Waals surface area (Å²) in [5.41, 5.74) is 5.73. The first-order valence-electron chi connectivity index (χ1n) is 13.5. The molecule has 0 aromatic heterocycles. The number of para-hydroxylation sites is 1. The van der Waals surface area contributed by atoms with Crippen molar-refractivity contribution in [2.24, 2.45) is 5.10 Å². The third-order valence-corrected chi connectivity index (χ3v) is 7.97. The van der Waals surface area contributed by atoms with E-state index in [1.54, 1.807) is 56.3 Å². The van der Waals surface area contributed by atoms with Crippen LogP contribution in [-0.2, 0) is 20.9 Å². The van der Waals surface area contributed by atoms with Crippen LogP contribution in [0.15, 0.2) is 81.5 Å². The maximum absolute atomic E-state index is 12.7. The number of benzene rings is 3. The van der Waals surface area contributed by atoms with Gasteiger partial charge in [0.1, 0.15) is 18.1 Å². The molecule has 1 amide bonds. The van der Waals surface area contributed by atoms with E-state index in [1.807, 2.05) is 6.07 Å². The highest BCUT2D eigenvalue weighted by Crippen LogP contribution is 2.34. The Kier molecular flexibility index (Phi) is 11.9. The number of amides is 1. The highest BCUT2D eigenvalue weighted by atomic mass is 127. The third-order valence-electron chi connectivity index (χ3n) is 6.36. The highest BCUT2D eigenvalue weighted by molar-refractivity contribution is 14.1. The average molecular weight is 807 g/mol. The van der Waals surface area contributed by atoms with Crippen LogP contribution in [-0.4, -0.2) is 47.5 Å². The lowest BCUT2D eigenvalue weighted by atomic mass is 9.95. The van der Waals surface area contributed by atoms with Crippen LogP contribution in [0.2, 0.25) is 0 Å². The first kappa shape index (κ1) is 33.9. The molecule has 0 radical (unpaired) electrons. The molecule has 234 valence electrons. The van der Waals surface area contributed by atoms with Gasteiger partial charge >= 0.3 is 11.9 Å². The number of carboxylic acids is 1. The maximum atomic E-state index is 12.7. The minimum Gasteiger partial charge on any atom is -0.487 e. The average Bonchev–Trinajstić information content (AvgIpc) is 2.99. The zero-order valence-corrected chi connectivity index (χ0v) is 28.6. The first-order valence-corrected chi connectivity index (χ1v) is 15.8. The number of thiocarbonyl (C=S) groups is 1. The smallest absolute Gasteiger partial charge is 0.338 e. The van der Waals surface area contributed by atoms with E-state index in [9.17, 15) is 14.4 Å². The molecule has 4 rings (SSSR count). The van der Waals surface area contributed by atoms with E-state index in [2.05, 4.69) is 59.7 Å². The topological polar surface area (TPSA) is 148 Å². The van der Waals surface area contributed by atoms with Crippen molar-refractivity contribution in [3.63, 3.8) is 0 Å². The lowest BCUT2D eigenvalue weighted by molar-refractivity contribution is -0.139. The molecule has 1 heterocycles. The lowest BCUT2D eigenvalue weighted by Gasteiger charge is -2.30. The lowest BCUT2D eigenvalue weighted by Crippen LogP contribution is -2.45. The predicted molar refractivity (Wildman–Crippen MR) is 183 cm³/mol. The van der Waals surface area contributed by atoms with Crippen molar-refractivity contribution < 1.29 is 33.7 Å². The monoisotopic (exact) mass is 806 g/mol. The second kappa shape index (κ2) is 15.8. The Bertz CT molecular complexity index is 1660. The molecule has 1 aliphatic heterocycles. The maximum Gasteiger partial charge on any atom is 0.338 e. The van der Waals surface area contributed by atoms with Crippen molar-refractivity contribution in [3.8, 4) is 11.5 Å². The standard InChI is InChI=1S/C31H28BrIN4O7S/c1-3-42-30(41)26-17(2)35-31(45)36-27(26)21-6-4-5-7-24(21)43-16-25(38)37-34-14-19-12-22(32)28(23(33)13-19)44-15-18-8-10-20(11-9-18)29(39)40/h4-14,27H,3,15-16H2,1-2H3,(H,37,38)(H,39,40)(H2,35,36,45)/t27-/m1/s1. The van der Waals surface area contributed by atoms with E-state index in [1.165, 1.54) is 18.3 Å². The number of allylic oxidation sites excluding steroid dienone is 1. The molecule has 1 atom stereocenters. The Balaban J connectivity index is 1.36. The van der Waals surface area contributed by atoms with Gasteiger partial charge in [0.2, 0.25) is 0 Å². The molecular weight excluding hydrogens is 779 g/mol. The predicted octanol–water partition coefficient (Wildman–Crippen LogP) is 5.22. The Morgan fingerprint density at radius 3 is 2.56 bits per heavy atom. The SMILES string of the molecule is CCOC(=O)C1=C(C)NC(=S)N[C@@H]1c1ccccc1OCC(=O)NN=Cc1cc(Br)c(OCc2ccc(C(=O)O)cc2)c(I)c1. The largest absolute Gasteiger partial charge is 0.487 e. The number of ether oxygens (including phenoxy) is 3. The Labute approximate surface area is 286 Å². The van der Waals surface area contributed by atoms with Crippen LogP contribution >= 0.6 is 50.7 Å². The van der Waals surface area contributed by atoms with Crippen LogP contribution in [0.3, 0.4) is 0 Å². The molecule has 0 aliphatic carbocycles. The summed E-state index contributed by atoms with van der Waals surface area (Å²) < 4.78 is 18.5. The number of carbonyl (C=O) groups is 3. The van der Waals surface area contributed by atoms with Gasteiger partial charge in [0.25, 0.3) is 5.91 Å². The van der Waals surface area contributed by atoms with Gasteiger partial charge in [-0.05, 0) is 106 Å². The minimum atomic E-state index is -0.986. The van der Waals surface area contributed by atoms with E-state index in [-0.39, 0.29) is 25.4 Å². The Morgan fingerprint density at radius 1 is 1.13 bits per heavy atom. The van der Waals surface area contributed by atoms with Gasteiger partial charge in [0.15, 0.2) is 11.7 Å². The quantitative estimate of drug-likeness (QED) is 0.0632. The van der Waals surface area contributed by atoms with E-state index in [0.717, 1.165) is 9.13 Å². The number of hydrazone groups is 1. The number of rotatable bonds is 12. The fourth-order valence-electron chi connectivity index (χ4n) is 4.30. The highest BCUT2D eigenvalue weighted by Gasteiger charge is 2.32. The molecule has 0 unspecified atom stereocenters. The normalized spacial score (nSPS) is 14.4. The Hall–Kier alpha value is -4.02. The van der Waals surface area contributed by atoms with Gasteiger partial charge in [0, 0.05) is 11.3 Å². The van der Waals surface area contributed by atoms with Gasteiger partial charge in [-0.3, -0.25) is 4.79 Å². The van der Waals surface area contributed by atoms with Crippen LogP contribution in [0.25, 0.3) is 0 Å². The van der Waals surface area contributed by atoms with Crippen LogP contribution < -0.4 is 25.5 Å². The molecule has 0 fully saturated rings. The molecule has 3 aromatic rings. The van der Waals surface area contributed by atoms with Gasteiger partial charge in [-0.2, -0.15) is 5.10 Å². The zero-order valence-electron chi connectivity index (χ0n) is 24.1. The molecule has 0 bridgehead atoms. The molecule has 4 N–H and O–H groups in total. The van der Waals surface area contributed by atoms with Crippen molar-refractivity contribution in [2.45, 2.75) is 26.5 Å². The van der Waals surface area contributed by atoms with E-state index in [0.29, 0.717) is 43.5 Å². The second-order valence-electron chi connectivity index (χ2n) is 9.51. The first-order chi connectivity index (χ1) is 21.6.